The number of thiazole rings is 1. The molecule has 21 heavy (non-hydrogen) atoms. The second kappa shape index (κ2) is 4.89. The maximum Gasteiger partial charge on any atom is 0.416 e. The summed E-state index contributed by atoms with van der Waals surface area (Å²) in [5.41, 5.74) is 6.46. The minimum Gasteiger partial charge on any atom is -0.397 e. The van der Waals surface area contributed by atoms with Crippen molar-refractivity contribution < 1.29 is 13.2 Å². The van der Waals surface area contributed by atoms with Crippen molar-refractivity contribution in [1.29, 1.82) is 0 Å². The first-order valence-electron chi connectivity index (χ1n) is 5.88. The highest BCUT2D eigenvalue weighted by atomic mass is 35.5. The minimum absolute atomic E-state index is 0.296. The molecule has 3 rings (SSSR count). The second-order valence-electron chi connectivity index (χ2n) is 4.40. The zero-order valence-corrected chi connectivity index (χ0v) is 12.0. The molecule has 0 saturated carbocycles. The van der Waals surface area contributed by atoms with Gasteiger partial charge in [-0.25, -0.2) is 4.98 Å². The summed E-state index contributed by atoms with van der Waals surface area (Å²) in [6.07, 6.45) is -4.38. The van der Waals surface area contributed by atoms with Crippen LogP contribution in [0.5, 0.6) is 0 Å². The van der Waals surface area contributed by atoms with Gasteiger partial charge in [0.25, 0.3) is 0 Å². The third kappa shape index (κ3) is 2.56. The number of anilines is 1. The largest absolute Gasteiger partial charge is 0.416 e. The Morgan fingerprint density at radius 3 is 2.62 bits per heavy atom. The van der Waals surface area contributed by atoms with Crippen LogP contribution < -0.4 is 5.73 Å². The molecule has 2 nitrogen and oxygen atoms in total. The smallest absolute Gasteiger partial charge is 0.397 e. The number of halogens is 4. The van der Waals surface area contributed by atoms with Gasteiger partial charge in [0.05, 0.1) is 26.5 Å². The molecule has 1 aromatic heterocycles. The Bertz CT molecular complexity index is 827. The number of alkyl halides is 3. The van der Waals surface area contributed by atoms with E-state index < -0.39 is 11.7 Å². The lowest BCUT2D eigenvalue weighted by molar-refractivity contribution is -0.137. The molecular weight excluding hydrogens is 321 g/mol. The van der Waals surface area contributed by atoms with Crippen LogP contribution in [0.1, 0.15) is 5.56 Å². The summed E-state index contributed by atoms with van der Waals surface area (Å²) >= 11 is 7.23. The zero-order chi connectivity index (χ0) is 15.2. The molecule has 2 aromatic carbocycles. The number of hydrogen-bond donors (Lipinski definition) is 1. The van der Waals surface area contributed by atoms with Crippen molar-refractivity contribution in [3.05, 3.63) is 47.0 Å². The average molecular weight is 329 g/mol. The Kier molecular flexibility index (Phi) is 3.30. The number of fused-ring (bicyclic) bond motifs is 1. The first-order chi connectivity index (χ1) is 9.86. The molecule has 0 atom stereocenters. The number of aromatic nitrogens is 1. The number of benzene rings is 2. The van der Waals surface area contributed by atoms with Gasteiger partial charge in [0.1, 0.15) is 5.01 Å². The lowest BCUT2D eigenvalue weighted by atomic mass is 10.2. The highest BCUT2D eigenvalue weighted by Crippen LogP contribution is 2.38. The van der Waals surface area contributed by atoms with Gasteiger partial charge in [-0.05, 0) is 30.3 Å². The fraction of sp³-hybridized carbons (Fsp3) is 0.0714. The predicted octanol–water partition coefficient (Wildman–Crippen LogP) is 5.22. The maximum absolute atomic E-state index is 12.7. The second-order valence-corrected chi connectivity index (χ2v) is 5.84. The average Bonchev–Trinajstić information content (AvgIpc) is 2.83. The Morgan fingerprint density at radius 2 is 1.90 bits per heavy atom. The molecule has 108 valence electrons. The molecule has 0 aliphatic heterocycles. The SMILES string of the molecule is Nc1c(Cl)cccc1-c1nc2cc(C(F)(F)F)ccc2s1. The molecule has 0 unspecified atom stereocenters. The molecule has 3 aromatic rings. The summed E-state index contributed by atoms with van der Waals surface area (Å²) in [5.74, 6) is 0. The van der Waals surface area contributed by atoms with Crippen LogP contribution in [0.4, 0.5) is 18.9 Å². The van der Waals surface area contributed by atoms with Crippen LogP contribution in [0.2, 0.25) is 5.02 Å². The zero-order valence-electron chi connectivity index (χ0n) is 10.4. The standard InChI is InChI=1S/C14H8ClF3N2S/c15-9-3-1-2-8(12(9)19)13-20-10-6-7(14(16,17)18)4-5-11(10)21-13/h1-6H,19H2. The van der Waals surface area contributed by atoms with Crippen molar-refractivity contribution in [3.63, 3.8) is 0 Å². The van der Waals surface area contributed by atoms with E-state index in [-0.39, 0.29) is 0 Å². The summed E-state index contributed by atoms with van der Waals surface area (Å²) in [4.78, 5) is 4.24. The van der Waals surface area contributed by atoms with E-state index in [4.69, 9.17) is 17.3 Å². The van der Waals surface area contributed by atoms with Crippen molar-refractivity contribution in [2.24, 2.45) is 0 Å². The topological polar surface area (TPSA) is 38.9 Å². The van der Waals surface area contributed by atoms with Crippen LogP contribution in [0.25, 0.3) is 20.8 Å². The summed E-state index contributed by atoms with van der Waals surface area (Å²) < 4.78 is 38.8. The molecule has 1 heterocycles. The summed E-state index contributed by atoms with van der Waals surface area (Å²) in [7, 11) is 0. The number of hydrogen-bond acceptors (Lipinski definition) is 3. The molecular formula is C14H8ClF3N2S. The number of para-hydroxylation sites is 1. The van der Waals surface area contributed by atoms with Gasteiger partial charge in [-0.2, -0.15) is 13.2 Å². The fourth-order valence-electron chi connectivity index (χ4n) is 1.94. The molecule has 0 saturated heterocycles. The Balaban J connectivity index is 2.15. The molecule has 0 spiro atoms. The van der Waals surface area contributed by atoms with E-state index in [0.717, 1.165) is 12.1 Å². The van der Waals surface area contributed by atoms with E-state index in [0.29, 0.717) is 31.5 Å². The molecule has 0 amide bonds. The fourth-order valence-corrected chi connectivity index (χ4v) is 3.10. The van der Waals surface area contributed by atoms with Crippen molar-refractivity contribution in [2.75, 3.05) is 5.73 Å². The number of nitrogens with zero attached hydrogens (tertiary/aromatic N) is 1. The highest BCUT2D eigenvalue weighted by molar-refractivity contribution is 7.21. The van der Waals surface area contributed by atoms with E-state index in [1.165, 1.54) is 17.4 Å². The van der Waals surface area contributed by atoms with E-state index >= 15 is 0 Å². The van der Waals surface area contributed by atoms with E-state index in [1.807, 2.05) is 0 Å². The molecule has 0 fully saturated rings. The Morgan fingerprint density at radius 1 is 1.14 bits per heavy atom. The van der Waals surface area contributed by atoms with Crippen LogP contribution in [-0.2, 0) is 6.18 Å². The summed E-state index contributed by atoms with van der Waals surface area (Å²) in [6.45, 7) is 0. The predicted molar refractivity (Wildman–Crippen MR) is 79.5 cm³/mol. The van der Waals surface area contributed by atoms with Gasteiger partial charge in [0.2, 0.25) is 0 Å². The van der Waals surface area contributed by atoms with E-state index in [1.54, 1.807) is 18.2 Å². The third-order valence-corrected chi connectivity index (χ3v) is 4.40. The maximum atomic E-state index is 12.7. The van der Waals surface area contributed by atoms with Gasteiger partial charge in [-0.15, -0.1) is 11.3 Å². The molecule has 0 aliphatic carbocycles. The van der Waals surface area contributed by atoms with E-state index in [2.05, 4.69) is 4.98 Å². The van der Waals surface area contributed by atoms with Crippen LogP contribution in [0.15, 0.2) is 36.4 Å². The van der Waals surface area contributed by atoms with E-state index in [9.17, 15) is 13.2 Å². The summed E-state index contributed by atoms with van der Waals surface area (Å²) in [5, 5.41) is 0.937. The summed E-state index contributed by atoms with van der Waals surface area (Å²) in [6, 6.07) is 8.61. The highest BCUT2D eigenvalue weighted by Gasteiger charge is 2.30. The molecule has 7 heteroatoms. The van der Waals surface area contributed by atoms with Crippen LogP contribution in [0.3, 0.4) is 0 Å². The number of rotatable bonds is 1. The number of nitrogen functional groups attached to an aromatic ring is 1. The normalized spacial score (nSPS) is 12.0. The van der Waals surface area contributed by atoms with Gasteiger partial charge >= 0.3 is 6.18 Å². The molecule has 0 aliphatic rings. The van der Waals surface area contributed by atoms with Gasteiger partial charge in [0, 0.05) is 5.56 Å². The quantitative estimate of drug-likeness (QED) is 0.622. The third-order valence-electron chi connectivity index (χ3n) is 3.00. The Labute approximate surface area is 127 Å². The van der Waals surface area contributed by atoms with Crippen molar-refractivity contribution in [2.45, 2.75) is 6.18 Å². The van der Waals surface area contributed by atoms with Crippen molar-refractivity contribution >= 4 is 38.8 Å². The van der Waals surface area contributed by atoms with Gasteiger partial charge < -0.3 is 5.73 Å². The van der Waals surface area contributed by atoms with Crippen molar-refractivity contribution in [1.82, 2.24) is 4.98 Å². The lowest BCUT2D eigenvalue weighted by Crippen LogP contribution is -2.03. The number of nitrogens with two attached hydrogens (primary N) is 1. The van der Waals surface area contributed by atoms with Gasteiger partial charge in [0.15, 0.2) is 0 Å². The Hall–Kier alpha value is -1.79. The molecule has 0 bridgehead atoms. The molecule has 2 N–H and O–H groups in total. The lowest BCUT2D eigenvalue weighted by Gasteiger charge is -2.04. The van der Waals surface area contributed by atoms with Crippen LogP contribution >= 0.6 is 22.9 Å². The first kappa shape index (κ1) is 14.2. The van der Waals surface area contributed by atoms with Crippen LogP contribution in [-0.4, -0.2) is 4.98 Å². The van der Waals surface area contributed by atoms with Gasteiger partial charge in [-0.1, -0.05) is 17.7 Å². The minimum atomic E-state index is -4.38. The van der Waals surface area contributed by atoms with Crippen LogP contribution in [0, 0.1) is 0 Å². The van der Waals surface area contributed by atoms with Gasteiger partial charge in [-0.3, -0.25) is 0 Å². The molecule has 0 radical (unpaired) electrons. The van der Waals surface area contributed by atoms with Crippen molar-refractivity contribution in [3.8, 4) is 10.6 Å². The monoisotopic (exact) mass is 328 g/mol. The first-order valence-corrected chi connectivity index (χ1v) is 7.08.